The van der Waals surface area contributed by atoms with Crippen LogP contribution in [0.15, 0.2) is 36.9 Å². The molecule has 2 aromatic heterocycles. The second-order valence-corrected chi connectivity index (χ2v) is 9.93. The highest BCUT2D eigenvalue weighted by atomic mass is 16.5. The van der Waals surface area contributed by atoms with Gasteiger partial charge in [-0.15, -0.1) is 0 Å². The van der Waals surface area contributed by atoms with Crippen LogP contribution < -0.4 is 11.5 Å². The van der Waals surface area contributed by atoms with E-state index in [-0.39, 0.29) is 24.3 Å². The third kappa shape index (κ3) is 4.42. The van der Waals surface area contributed by atoms with E-state index in [2.05, 4.69) is 15.0 Å². The van der Waals surface area contributed by atoms with Crippen molar-refractivity contribution < 1.29 is 19.7 Å². The van der Waals surface area contributed by atoms with Crippen molar-refractivity contribution in [2.75, 3.05) is 25.4 Å². The van der Waals surface area contributed by atoms with Crippen LogP contribution in [0.2, 0.25) is 0 Å². The van der Waals surface area contributed by atoms with E-state index in [9.17, 15) is 15.0 Å². The van der Waals surface area contributed by atoms with Gasteiger partial charge in [0.15, 0.2) is 11.5 Å². The number of phenols is 1. The summed E-state index contributed by atoms with van der Waals surface area (Å²) in [6, 6.07) is 5.68. The molecule has 3 aromatic rings. The number of piperidine rings is 1. The molecule has 0 unspecified atom stereocenters. The Morgan fingerprint density at radius 2 is 1.94 bits per heavy atom. The molecule has 186 valence electrons. The first-order valence-corrected chi connectivity index (χ1v) is 11.8. The predicted molar refractivity (Wildman–Crippen MR) is 128 cm³/mol. The summed E-state index contributed by atoms with van der Waals surface area (Å²) in [7, 11) is 0. The average molecular weight is 482 g/mol. The van der Waals surface area contributed by atoms with E-state index in [0.29, 0.717) is 55.8 Å². The number of nitrogens with two attached hydrogens (primary N) is 2. The number of rotatable bonds is 4. The number of nitrogen functional groups attached to an aromatic ring is 1. The topological polar surface area (TPSA) is 166 Å². The molecule has 1 aromatic carbocycles. The van der Waals surface area contributed by atoms with Gasteiger partial charge in [0.2, 0.25) is 5.91 Å². The lowest BCUT2D eigenvalue weighted by Gasteiger charge is -2.51. The van der Waals surface area contributed by atoms with E-state index in [1.807, 2.05) is 6.92 Å². The molecule has 11 heteroatoms. The first-order valence-electron chi connectivity index (χ1n) is 11.8. The maximum absolute atomic E-state index is 13.0. The van der Waals surface area contributed by atoms with Crippen LogP contribution in [0.1, 0.15) is 37.8 Å². The highest BCUT2D eigenvalue weighted by Gasteiger charge is 2.50. The van der Waals surface area contributed by atoms with Gasteiger partial charge in [-0.25, -0.2) is 15.0 Å². The number of anilines is 1. The lowest BCUT2D eigenvalue weighted by molar-refractivity contribution is -0.197. The van der Waals surface area contributed by atoms with Crippen molar-refractivity contribution in [3.63, 3.8) is 0 Å². The zero-order valence-electron chi connectivity index (χ0n) is 19.7. The van der Waals surface area contributed by atoms with E-state index < -0.39 is 17.2 Å². The lowest BCUT2D eigenvalue weighted by Crippen LogP contribution is -2.59. The zero-order chi connectivity index (χ0) is 24.8. The van der Waals surface area contributed by atoms with Crippen LogP contribution in [0.25, 0.3) is 11.2 Å². The van der Waals surface area contributed by atoms with Crippen molar-refractivity contribution in [3.8, 4) is 5.75 Å². The summed E-state index contributed by atoms with van der Waals surface area (Å²) in [5.74, 6) is 0.372. The highest BCUT2D eigenvalue weighted by molar-refractivity contribution is 5.82. The first-order chi connectivity index (χ1) is 16.7. The normalized spacial score (nSPS) is 25.1. The van der Waals surface area contributed by atoms with Crippen LogP contribution in [-0.2, 0) is 16.0 Å². The van der Waals surface area contributed by atoms with Gasteiger partial charge in [-0.3, -0.25) is 4.79 Å². The van der Waals surface area contributed by atoms with E-state index in [1.54, 1.807) is 40.1 Å². The molecule has 6 N–H and O–H groups in total. The van der Waals surface area contributed by atoms with Gasteiger partial charge in [0, 0.05) is 19.5 Å². The third-order valence-corrected chi connectivity index (χ3v) is 7.36. The molecule has 5 rings (SSSR count). The summed E-state index contributed by atoms with van der Waals surface area (Å²) < 4.78 is 8.18. The monoisotopic (exact) mass is 481 g/mol. The molecule has 1 spiro atoms. The number of aromatic nitrogens is 4. The first kappa shape index (κ1) is 23.5. The Labute approximate surface area is 202 Å². The molecule has 4 heterocycles. The van der Waals surface area contributed by atoms with Gasteiger partial charge in [0.05, 0.1) is 36.2 Å². The summed E-state index contributed by atoms with van der Waals surface area (Å²) in [6.45, 7) is 3.13. The highest BCUT2D eigenvalue weighted by Crippen LogP contribution is 2.44. The number of carbonyl (C=O) groups is 1. The third-order valence-electron chi connectivity index (χ3n) is 7.36. The van der Waals surface area contributed by atoms with Gasteiger partial charge >= 0.3 is 0 Å². The van der Waals surface area contributed by atoms with Crippen LogP contribution in [0.3, 0.4) is 0 Å². The Bertz CT molecular complexity index is 1220. The molecule has 3 atom stereocenters. The van der Waals surface area contributed by atoms with Gasteiger partial charge < -0.3 is 35.9 Å². The number of benzene rings is 1. The standard InChI is InChI=1S/C24H31N7O4/c1-23(34)12-24(35-11-18(23)31-14-29-19-20(26)27-13-28-21(19)31)6-8-30(9-7-24)22(33)17(25)10-15-2-4-16(32)5-3-15/h2-5,13-14,17-18,32,34H,6-12,25H2,1H3,(H2,26,27,28)/t17-,18-,23-/m0/s1. The SMILES string of the molecule is C[C@]1(O)CC2(CCN(C(=O)[C@@H](N)Cc3ccc(O)cc3)CC2)OC[C@@H]1n1cnc2c(N)ncnc21. The second kappa shape index (κ2) is 8.74. The van der Waals surface area contributed by atoms with Crippen LogP contribution in [0.4, 0.5) is 5.82 Å². The summed E-state index contributed by atoms with van der Waals surface area (Å²) in [4.78, 5) is 27.3. The molecule has 0 aliphatic carbocycles. The Kier molecular flexibility index (Phi) is 5.86. The van der Waals surface area contributed by atoms with Gasteiger partial charge in [-0.1, -0.05) is 12.1 Å². The van der Waals surface area contributed by atoms with Crippen molar-refractivity contribution >= 4 is 22.9 Å². The van der Waals surface area contributed by atoms with Crippen LogP contribution in [0, 0.1) is 0 Å². The quantitative estimate of drug-likeness (QED) is 0.421. The molecule has 2 aliphatic heterocycles. The minimum absolute atomic E-state index is 0.101. The number of amides is 1. The maximum atomic E-state index is 13.0. The maximum Gasteiger partial charge on any atom is 0.239 e. The molecule has 2 saturated heterocycles. The molecular formula is C24H31N7O4. The summed E-state index contributed by atoms with van der Waals surface area (Å²) >= 11 is 0. The van der Waals surface area contributed by atoms with E-state index in [0.717, 1.165) is 5.56 Å². The molecule has 2 fully saturated rings. The molecule has 0 saturated carbocycles. The molecule has 11 nitrogen and oxygen atoms in total. The van der Waals surface area contributed by atoms with Crippen molar-refractivity contribution in [2.24, 2.45) is 5.73 Å². The molecule has 1 amide bonds. The molecule has 35 heavy (non-hydrogen) atoms. The van der Waals surface area contributed by atoms with Crippen molar-refractivity contribution in [1.82, 2.24) is 24.4 Å². The summed E-state index contributed by atoms with van der Waals surface area (Å²) in [5.41, 5.74) is 12.5. The van der Waals surface area contributed by atoms with Gasteiger partial charge in [0.1, 0.15) is 17.6 Å². The number of ether oxygens (including phenoxy) is 1. The van der Waals surface area contributed by atoms with Crippen molar-refractivity contribution in [1.29, 1.82) is 0 Å². The molecular weight excluding hydrogens is 450 g/mol. The molecule has 0 bridgehead atoms. The number of nitrogens with zero attached hydrogens (tertiary/aromatic N) is 5. The van der Waals surface area contributed by atoms with Gasteiger partial charge in [-0.05, 0) is 43.9 Å². The van der Waals surface area contributed by atoms with E-state index >= 15 is 0 Å². The minimum atomic E-state index is -1.08. The Morgan fingerprint density at radius 1 is 1.23 bits per heavy atom. The predicted octanol–water partition coefficient (Wildman–Crippen LogP) is 0.758. The number of aliphatic hydroxyl groups is 1. The molecule has 2 aliphatic rings. The van der Waals surface area contributed by atoms with E-state index in [1.165, 1.54) is 6.33 Å². The number of hydrogen-bond acceptors (Lipinski definition) is 9. The van der Waals surface area contributed by atoms with E-state index in [4.69, 9.17) is 16.2 Å². The van der Waals surface area contributed by atoms with Gasteiger partial charge in [-0.2, -0.15) is 0 Å². The van der Waals surface area contributed by atoms with Crippen molar-refractivity contribution in [3.05, 3.63) is 42.5 Å². The fourth-order valence-corrected chi connectivity index (χ4v) is 5.40. The van der Waals surface area contributed by atoms with Crippen LogP contribution in [-0.4, -0.2) is 77.5 Å². The number of fused-ring (bicyclic) bond motifs is 1. The van der Waals surface area contributed by atoms with Crippen LogP contribution >= 0.6 is 0 Å². The smallest absolute Gasteiger partial charge is 0.239 e. The fourth-order valence-electron chi connectivity index (χ4n) is 5.40. The fraction of sp³-hybridized carbons (Fsp3) is 0.500. The molecule has 0 radical (unpaired) electrons. The number of carbonyl (C=O) groups excluding carboxylic acids is 1. The number of hydrogen-bond donors (Lipinski definition) is 4. The van der Waals surface area contributed by atoms with Gasteiger partial charge in [0.25, 0.3) is 0 Å². The summed E-state index contributed by atoms with van der Waals surface area (Å²) in [5, 5.41) is 20.9. The zero-order valence-corrected chi connectivity index (χ0v) is 19.7. The van der Waals surface area contributed by atoms with Crippen LogP contribution in [0.5, 0.6) is 5.75 Å². The minimum Gasteiger partial charge on any atom is -0.508 e. The number of likely N-dealkylation sites (tertiary alicyclic amines) is 1. The number of phenolic OH excluding ortho intramolecular Hbond substituents is 1. The summed E-state index contributed by atoms with van der Waals surface area (Å²) in [6.07, 6.45) is 5.07. The largest absolute Gasteiger partial charge is 0.508 e. The Balaban J connectivity index is 1.23. The number of aromatic hydroxyl groups is 1. The van der Waals surface area contributed by atoms with Crippen molar-refractivity contribution in [2.45, 2.75) is 55.9 Å². The lowest BCUT2D eigenvalue weighted by atomic mass is 9.75. The Morgan fingerprint density at radius 3 is 2.63 bits per heavy atom. The Hall–Kier alpha value is -3.28. The number of imidazole rings is 1. The second-order valence-electron chi connectivity index (χ2n) is 9.93. The average Bonchev–Trinajstić information content (AvgIpc) is 3.25.